The maximum Gasteiger partial charge on any atom is 0.305 e. The Labute approximate surface area is 250 Å². The summed E-state index contributed by atoms with van der Waals surface area (Å²) in [5.74, 6) is 2.01. The Morgan fingerprint density at radius 3 is 2.19 bits per heavy atom. The van der Waals surface area contributed by atoms with Crippen LogP contribution in [-0.2, 0) is 38.3 Å². The SMILES string of the molecule is CCCc1c(OCCCCCCc2cccc(OCCCCC(=O)OC)c2CCC(=O)OC)ccc2c1OCCC2=O. The molecular weight excluding hydrogens is 536 g/mol. The van der Waals surface area contributed by atoms with Crippen molar-refractivity contribution in [3.05, 3.63) is 52.6 Å². The van der Waals surface area contributed by atoms with Crippen LogP contribution in [0.2, 0.25) is 0 Å². The van der Waals surface area contributed by atoms with Crippen molar-refractivity contribution < 1.29 is 38.1 Å². The first kappa shape index (κ1) is 33.0. The Hall–Kier alpha value is -3.55. The molecule has 0 aliphatic carbocycles. The number of ketones is 1. The molecule has 0 atom stereocenters. The van der Waals surface area contributed by atoms with E-state index in [0.717, 1.165) is 74.0 Å². The molecule has 0 saturated heterocycles. The molecule has 2 aromatic carbocycles. The van der Waals surface area contributed by atoms with Crippen molar-refractivity contribution >= 4 is 17.7 Å². The molecule has 2 aromatic rings. The fourth-order valence-electron chi connectivity index (χ4n) is 5.20. The summed E-state index contributed by atoms with van der Waals surface area (Å²) in [6.07, 6.45) is 9.83. The third-order valence-electron chi connectivity index (χ3n) is 7.49. The molecule has 8 nitrogen and oxygen atoms in total. The number of ether oxygens (including phenoxy) is 5. The summed E-state index contributed by atoms with van der Waals surface area (Å²) >= 11 is 0. The van der Waals surface area contributed by atoms with Crippen molar-refractivity contribution in [1.82, 2.24) is 0 Å². The molecule has 0 bridgehead atoms. The normalized spacial score (nSPS) is 12.3. The van der Waals surface area contributed by atoms with Crippen molar-refractivity contribution in [1.29, 1.82) is 0 Å². The number of hydrogen-bond donors (Lipinski definition) is 0. The van der Waals surface area contributed by atoms with Crippen LogP contribution in [0.15, 0.2) is 30.3 Å². The zero-order valence-electron chi connectivity index (χ0n) is 25.5. The second-order valence-electron chi connectivity index (χ2n) is 10.6. The first-order chi connectivity index (χ1) is 20.5. The van der Waals surface area contributed by atoms with Crippen LogP contribution >= 0.6 is 0 Å². The minimum Gasteiger partial charge on any atom is -0.493 e. The van der Waals surface area contributed by atoms with E-state index in [4.69, 9.17) is 23.7 Å². The van der Waals surface area contributed by atoms with E-state index in [1.165, 1.54) is 19.8 Å². The summed E-state index contributed by atoms with van der Waals surface area (Å²) in [4.78, 5) is 35.5. The Bertz CT molecular complexity index is 1170. The molecule has 3 rings (SSSR count). The molecule has 0 radical (unpaired) electrons. The van der Waals surface area contributed by atoms with E-state index >= 15 is 0 Å². The van der Waals surface area contributed by atoms with Crippen molar-refractivity contribution in [3.8, 4) is 17.2 Å². The van der Waals surface area contributed by atoms with Crippen LogP contribution in [0.3, 0.4) is 0 Å². The van der Waals surface area contributed by atoms with Gasteiger partial charge in [-0.3, -0.25) is 14.4 Å². The summed E-state index contributed by atoms with van der Waals surface area (Å²) in [6.45, 7) is 3.66. The number of benzene rings is 2. The van der Waals surface area contributed by atoms with Gasteiger partial charge >= 0.3 is 11.9 Å². The third kappa shape index (κ3) is 10.1. The summed E-state index contributed by atoms with van der Waals surface area (Å²) in [7, 11) is 2.80. The number of aryl methyl sites for hydroxylation is 1. The number of hydrogen-bond acceptors (Lipinski definition) is 8. The van der Waals surface area contributed by atoms with E-state index in [2.05, 4.69) is 13.0 Å². The molecular formula is C34H46O8. The van der Waals surface area contributed by atoms with E-state index in [0.29, 0.717) is 63.2 Å². The average Bonchev–Trinajstić information content (AvgIpc) is 3.00. The first-order valence-electron chi connectivity index (χ1n) is 15.3. The highest BCUT2D eigenvalue weighted by molar-refractivity contribution is 6.00. The molecule has 0 aromatic heterocycles. The zero-order valence-corrected chi connectivity index (χ0v) is 25.5. The molecule has 0 spiro atoms. The monoisotopic (exact) mass is 582 g/mol. The largest absolute Gasteiger partial charge is 0.493 e. The highest BCUT2D eigenvalue weighted by atomic mass is 16.5. The lowest BCUT2D eigenvalue weighted by Crippen LogP contribution is -2.17. The molecule has 0 unspecified atom stereocenters. The molecule has 0 saturated carbocycles. The molecule has 8 heteroatoms. The molecule has 1 aliphatic heterocycles. The van der Waals surface area contributed by atoms with Crippen LogP contribution in [0, 0.1) is 0 Å². The topological polar surface area (TPSA) is 97.4 Å². The van der Waals surface area contributed by atoms with Gasteiger partial charge in [0.05, 0.1) is 39.6 Å². The fourth-order valence-corrected chi connectivity index (χ4v) is 5.20. The van der Waals surface area contributed by atoms with Gasteiger partial charge in [-0.25, -0.2) is 0 Å². The van der Waals surface area contributed by atoms with E-state index in [9.17, 15) is 14.4 Å². The number of carbonyl (C=O) groups is 3. The van der Waals surface area contributed by atoms with Gasteiger partial charge in [0.2, 0.25) is 0 Å². The van der Waals surface area contributed by atoms with Gasteiger partial charge in [-0.1, -0.05) is 38.3 Å². The van der Waals surface area contributed by atoms with Gasteiger partial charge in [-0.05, 0) is 74.3 Å². The van der Waals surface area contributed by atoms with E-state index < -0.39 is 0 Å². The molecule has 230 valence electrons. The van der Waals surface area contributed by atoms with Crippen LogP contribution in [0.1, 0.15) is 98.2 Å². The lowest BCUT2D eigenvalue weighted by atomic mass is 9.96. The molecule has 0 amide bonds. The second kappa shape index (κ2) is 18.1. The van der Waals surface area contributed by atoms with Gasteiger partial charge in [0.15, 0.2) is 5.78 Å². The molecule has 0 N–H and O–H groups in total. The van der Waals surface area contributed by atoms with Gasteiger partial charge in [0.1, 0.15) is 17.2 Å². The van der Waals surface area contributed by atoms with Gasteiger partial charge < -0.3 is 23.7 Å². The lowest BCUT2D eigenvalue weighted by Gasteiger charge is -2.22. The van der Waals surface area contributed by atoms with Gasteiger partial charge in [-0.15, -0.1) is 0 Å². The lowest BCUT2D eigenvalue weighted by molar-refractivity contribution is -0.141. The predicted molar refractivity (Wildman–Crippen MR) is 161 cm³/mol. The minimum absolute atomic E-state index is 0.140. The second-order valence-corrected chi connectivity index (χ2v) is 10.6. The van der Waals surface area contributed by atoms with Crippen LogP contribution in [0.4, 0.5) is 0 Å². The molecule has 1 heterocycles. The summed E-state index contributed by atoms with van der Waals surface area (Å²) in [5, 5.41) is 0. The Balaban J connectivity index is 1.48. The van der Waals surface area contributed by atoms with Gasteiger partial charge in [0.25, 0.3) is 0 Å². The van der Waals surface area contributed by atoms with Crippen molar-refractivity contribution in [2.24, 2.45) is 0 Å². The van der Waals surface area contributed by atoms with Crippen LogP contribution < -0.4 is 14.2 Å². The number of methoxy groups -OCH3 is 2. The van der Waals surface area contributed by atoms with Crippen molar-refractivity contribution in [2.75, 3.05) is 34.0 Å². The van der Waals surface area contributed by atoms with Crippen LogP contribution in [0.25, 0.3) is 0 Å². The number of rotatable bonds is 19. The minimum atomic E-state index is -0.243. The number of esters is 2. The Kier molecular flexibility index (Phi) is 14.2. The maximum absolute atomic E-state index is 12.3. The van der Waals surface area contributed by atoms with Crippen LogP contribution in [-0.4, -0.2) is 51.8 Å². The Morgan fingerprint density at radius 1 is 0.762 bits per heavy atom. The summed E-state index contributed by atoms with van der Waals surface area (Å²) in [6, 6.07) is 9.81. The zero-order chi connectivity index (χ0) is 30.2. The number of carbonyl (C=O) groups excluding carboxylic acids is 3. The predicted octanol–water partition coefficient (Wildman–Crippen LogP) is 6.61. The third-order valence-corrected chi connectivity index (χ3v) is 7.49. The fraction of sp³-hybridized carbons (Fsp3) is 0.559. The number of unbranched alkanes of at least 4 members (excludes halogenated alkanes) is 4. The van der Waals surface area contributed by atoms with Gasteiger partial charge in [0, 0.05) is 24.8 Å². The highest BCUT2D eigenvalue weighted by Crippen LogP contribution is 2.36. The van der Waals surface area contributed by atoms with E-state index in [-0.39, 0.29) is 17.7 Å². The van der Waals surface area contributed by atoms with Gasteiger partial charge in [-0.2, -0.15) is 0 Å². The Morgan fingerprint density at radius 2 is 1.45 bits per heavy atom. The summed E-state index contributed by atoms with van der Waals surface area (Å²) in [5.41, 5.74) is 3.93. The van der Waals surface area contributed by atoms with Crippen molar-refractivity contribution in [2.45, 2.75) is 90.4 Å². The first-order valence-corrected chi connectivity index (χ1v) is 15.3. The molecule has 1 aliphatic rings. The standard InChI is InChI=1S/C34H46O8/c1-4-12-28-31(19-17-27-29(35)21-24-42-34(27)28)41-22-9-6-5-7-13-25-14-11-15-30(26(25)18-20-33(37)39-3)40-23-10-8-16-32(36)38-2/h11,14-15,17,19H,4-10,12-13,16,18,20-24H2,1-3H3. The van der Waals surface area contributed by atoms with E-state index in [1.54, 1.807) is 0 Å². The average molecular weight is 583 g/mol. The maximum atomic E-state index is 12.3. The molecule has 0 fully saturated rings. The number of Topliss-reactive ketones (excluding diaryl/α,β-unsaturated/α-hetero) is 1. The van der Waals surface area contributed by atoms with Crippen molar-refractivity contribution in [3.63, 3.8) is 0 Å². The van der Waals surface area contributed by atoms with Crippen LogP contribution in [0.5, 0.6) is 17.2 Å². The quantitative estimate of drug-likeness (QED) is 0.135. The smallest absolute Gasteiger partial charge is 0.305 e. The number of fused-ring (bicyclic) bond motifs is 1. The summed E-state index contributed by atoms with van der Waals surface area (Å²) < 4.78 is 27.7. The molecule has 42 heavy (non-hydrogen) atoms. The van der Waals surface area contributed by atoms with E-state index in [1.807, 2.05) is 24.3 Å². The highest BCUT2D eigenvalue weighted by Gasteiger charge is 2.23.